The lowest BCUT2D eigenvalue weighted by atomic mass is 10.3. The van der Waals surface area contributed by atoms with Gasteiger partial charge in [-0.05, 0) is 42.5 Å². The van der Waals surface area contributed by atoms with Crippen molar-refractivity contribution in [2.75, 3.05) is 0 Å². The van der Waals surface area contributed by atoms with Gasteiger partial charge in [0.2, 0.25) is 15.6 Å². The van der Waals surface area contributed by atoms with E-state index in [0.29, 0.717) is 17.3 Å². The van der Waals surface area contributed by atoms with Crippen LogP contribution in [0.15, 0.2) is 58.1 Å². The second-order valence-electron chi connectivity index (χ2n) is 5.87. The van der Waals surface area contributed by atoms with Crippen LogP contribution < -0.4 is 4.74 Å². The monoisotopic (exact) mass is 479 g/mol. The van der Waals surface area contributed by atoms with Gasteiger partial charge in [0.1, 0.15) is 17.3 Å². The molecular weight excluding hydrogens is 470 g/mol. The van der Waals surface area contributed by atoms with Crippen molar-refractivity contribution in [2.24, 2.45) is 0 Å². The van der Waals surface area contributed by atoms with E-state index >= 15 is 0 Å². The van der Waals surface area contributed by atoms with Gasteiger partial charge in [0, 0.05) is 11.2 Å². The van der Waals surface area contributed by atoms with Crippen molar-refractivity contribution < 1.29 is 35.5 Å². The third-order valence-corrected chi connectivity index (χ3v) is 5.75. The maximum atomic E-state index is 12.6. The van der Waals surface area contributed by atoms with Crippen molar-refractivity contribution in [3.63, 3.8) is 0 Å². The summed E-state index contributed by atoms with van der Waals surface area (Å²) in [7, 11) is -4.12. The number of esters is 1. The molecule has 1 aromatic carbocycles. The third-order valence-electron chi connectivity index (χ3n) is 3.67. The summed E-state index contributed by atoms with van der Waals surface area (Å²) >= 11 is 11.7. The zero-order valence-electron chi connectivity index (χ0n) is 14.6. The lowest BCUT2D eigenvalue weighted by Crippen LogP contribution is -2.10. The summed E-state index contributed by atoms with van der Waals surface area (Å²) in [5.74, 6) is -2.07. The van der Waals surface area contributed by atoms with Gasteiger partial charge in [-0.15, -0.1) is 0 Å². The van der Waals surface area contributed by atoms with Gasteiger partial charge in [0.05, 0.1) is 10.6 Å². The molecule has 30 heavy (non-hydrogen) atoms. The number of furan rings is 1. The number of aromatic nitrogens is 1. The highest BCUT2D eigenvalue weighted by Gasteiger charge is 2.31. The van der Waals surface area contributed by atoms with Crippen LogP contribution in [0, 0.1) is 0 Å². The van der Waals surface area contributed by atoms with E-state index in [9.17, 15) is 26.4 Å². The summed E-state index contributed by atoms with van der Waals surface area (Å²) in [5, 5.41) is -0.148. The minimum atomic E-state index is -4.64. The van der Waals surface area contributed by atoms with Crippen LogP contribution in [0.5, 0.6) is 5.75 Å². The number of halogens is 5. The van der Waals surface area contributed by atoms with Gasteiger partial charge in [0.15, 0.2) is 5.03 Å². The Morgan fingerprint density at radius 2 is 1.83 bits per heavy atom. The Kier molecular flexibility index (Phi) is 6.11. The fourth-order valence-electron chi connectivity index (χ4n) is 2.27. The molecule has 0 saturated heterocycles. The molecule has 6 nitrogen and oxygen atoms in total. The molecule has 0 radical (unpaired) electrons. The molecule has 3 aromatic rings. The third kappa shape index (κ3) is 5.13. The van der Waals surface area contributed by atoms with E-state index in [1.165, 1.54) is 30.3 Å². The lowest BCUT2D eigenvalue weighted by Gasteiger charge is -2.07. The molecule has 0 fully saturated rings. The minimum Gasteiger partial charge on any atom is -0.453 e. The first-order valence-electron chi connectivity index (χ1n) is 7.98. The van der Waals surface area contributed by atoms with Gasteiger partial charge in [0.25, 0.3) is 0 Å². The molecule has 0 unspecified atom stereocenters. The van der Waals surface area contributed by atoms with E-state index in [-0.39, 0.29) is 22.3 Å². The predicted molar refractivity (Wildman–Crippen MR) is 100 cm³/mol. The van der Waals surface area contributed by atoms with Crippen LogP contribution in [0.3, 0.4) is 0 Å². The Hall–Kier alpha value is -2.56. The summed E-state index contributed by atoms with van der Waals surface area (Å²) < 4.78 is 72.7. The van der Waals surface area contributed by atoms with Crippen LogP contribution in [0.2, 0.25) is 10.0 Å². The zero-order valence-corrected chi connectivity index (χ0v) is 16.9. The summed E-state index contributed by atoms with van der Waals surface area (Å²) in [5.41, 5.74) is -1.08. The van der Waals surface area contributed by atoms with Crippen molar-refractivity contribution in [1.29, 1.82) is 0 Å². The van der Waals surface area contributed by atoms with Crippen LogP contribution in [-0.4, -0.2) is 19.4 Å². The maximum absolute atomic E-state index is 12.6. The molecular formula is C18H10Cl2F3NO5S. The number of pyridine rings is 1. The maximum Gasteiger partial charge on any atom is 0.417 e. The van der Waals surface area contributed by atoms with E-state index in [0.717, 1.165) is 6.07 Å². The van der Waals surface area contributed by atoms with Crippen molar-refractivity contribution in [3.05, 3.63) is 75.8 Å². The highest BCUT2D eigenvalue weighted by Crippen LogP contribution is 2.30. The highest BCUT2D eigenvalue weighted by molar-refractivity contribution is 7.90. The number of hydrogen-bond donors (Lipinski definition) is 0. The highest BCUT2D eigenvalue weighted by atomic mass is 35.5. The Balaban J connectivity index is 1.73. The smallest absolute Gasteiger partial charge is 0.417 e. The molecule has 0 spiro atoms. The first-order valence-corrected chi connectivity index (χ1v) is 10.4. The number of carbonyl (C=O) groups is 1. The summed E-state index contributed by atoms with van der Waals surface area (Å²) in [4.78, 5) is 15.5. The SMILES string of the molecule is O=C(Oc1ccc(Cl)cc1Cl)c1ccc(CS(=O)(=O)c2ccc(C(F)(F)F)cn2)o1. The summed E-state index contributed by atoms with van der Waals surface area (Å²) in [6.45, 7) is 0. The van der Waals surface area contributed by atoms with E-state index in [4.69, 9.17) is 32.4 Å². The quantitative estimate of drug-likeness (QED) is 0.369. The molecule has 0 aliphatic carbocycles. The number of hydrogen-bond acceptors (Lipinski definition) is 6. The molecule has 0 amide bonds. The molecule has 0 saturated carbocycles. The number of carbonyl (C=O) groups excluding carboxylic acids is 1. The lowest BCUT2D eigenvalue weighted by molar-refractivity contribution is -0.137. The van der Waals surface area contributed by atoms with Crippen LogP contribution in [0.4, 0.5) is 13.2 Å². The normalized spacial score (nSPS) is 12.0. The Bertz CT molecular complexity index is 1190. The largest absolute Gasteiger partial charge is 0.453 e. The number of ether oxygens (including phenoxy) is 1. The Morgan fingerprint density at radius 3 is 2.43 bits per heavy atom. The Morgan fingerprint density at radius 1 is 1.10 bits per heavy atom. The molecule has 2 aromatic heterocycles. The number of rotatable bonds is 5. The average Bonchev–Trinajstić information content (AvgIpc) is 3.11. The van der Waals surface area contributed by atoms with Gasteiger partial charge >= 0.3 is 12.1 Å². The molecule has 0 bridgehead atoms. The van der Waals surface area contributed by atoms with Gasteiger partial charge in [-0.1, -0.05) is 23.2 Å². The van der Waals surface area contributed by atoms with Gasteiger partial charge < -0.3 is 9.15 Å². The second kappa shape index (κ2) is 8.29. The molecule has 0 aliphatic heterocycles. The molecule has 0 atom stereocenters. The molecule has 0 N–H and O–H groups in total. The number of benzene rings is 1. The first kappa shape index (κ1) is 22.1. The molecule has 3 rings (SSSR count). The Labute approximate surface area is 178 Å². The molecule has 12 heteroatoms. The fourth-order valence-corrected chi connectivity index (χ4v) is 3.88. The zero-order chi connectivity index (χ0) is 22.1. The number of sulfone groups is 1. The summed E-state index contributed by atoms with van der Waals surface area (Å²) in [6.07, 6.45) is -4.22. The average molecular weight is 480 g/mol. The van der Waals surface area contributed by atoms with Crippen LogP contribution in [-0.2, 0) is 21.8 Å². The van der Waals surface area contributed by atoms with Crippen molar-refractivity contribution in [1.82, 2.24) is 4.98 Å². The van der Waals surface area contributed by atoms with E-state index in [2.05, 4.69) is 4.98 Å². The first-order chi connectivity index (χ1) is 14.0. The van der Waals surface area contributed by atoms with Gasteiger partial charge in [-0.2, -0.15) is 13.2 Å². The summed E-state index contributed by atoms with van der Waals surface area (Å²) in [6, 6.07) is 7.96. The van der Waals surface area contributed by atoms with Crippen molar-refractivity contribution in [3.8, 4) is 5.75 Å². The van der Waals surface area contributed by atoms with Gasteiger partial charge in [-0.25, -0.2) is 18.2 Å². The van der Waals surface area contributed by atoms with Crippen molar-refractivity contribution in [2.45, 2.75) is 17.0 Å². The van der Waals surface area contributed by atoms with Crippen LogP contribution >= 0.6 is 23.2 Å². The molecule has 2 heterocycles. The topological polar surface area (TPSA) is 86.5 Å². The predicted octanol–water partition coefficient (Wildman–Crippen LogP) is 5.19. The van der Waals surface area contributed by atoms with Crippen LogP contribution in [0.1, 0.15) is 21.9 Å². The number of nitrogens with zero attached hydrogens (tertiary/aromatic N) is 1. The van der Waals surface area contributed by atoms with Gasteiger partial charge in [-0.3, -0.25) is 0 Å². The minimum absolute atomic E-state index is 0.0191. The second-order valence-corrected chi connectivity index (χ2v) is 8.65. The van der Waals surface area contributed by atoms with E-state index in [1.54, 1.807) is 0 Å². The van der Waals surface area contributed by atoms with Crippen molar-refractivity contribution >= 4 is 39.0 Å². The van der Waals surface area contributed by atoms with E-state index in [1.807, 2.05) is 0 Å². The fraction of sp³-hybridized carbons (Fsp3) is 0.111. The number of alkyl halides is 3. The molecule has 0 aliphatic rings. The van der Waals surface area contributed by atoms with E-state index < -0.39 is 38.3 Å². The molecule has 158 valence electrons. The van der Waals surface area contributed by atoms with Crippen LogP contribution in [0.25, 0.3) is 0 Å². The standard InChI is InChI=1S/C18H10Cl2F3NO5S/c19-11-2-4-14(13(20)7-11)29-17(25)15-5-3-12(28-15)9-30(26,27)16-6-1-10(8-24-16)18(21,22)23/h1-8H,9H2.